The third-order valence-electron chi connectivity index (χ3n) is 4.66. The van der Waals surface area contributed by atoms with Crippen molar-refractivity contribution >= 4 is 5.71 Å². The van der Waals surface area contributed by atoms with Gasteiger partial charge in [0.1, 0.15) is 12.2 Å². The Morgan fingerprint density at radius 1 is 1.08 bits per heavy atom. The number of benzene rings is 1. The zero-order valence-corrected chi connectivity index (χ0v) is 14.3. The molecule has 0 bridgehead atoms. The molecule has 3 heterocycles. The third-order valence-corrected chi connectivity index (χ3v) is 4.66. The fourth-order valence-electron chi connectivity index (χ4n) is 3.43. The van der Waals surface area contributed by atoms with Gasteiger partial charge in [-0.15, -0.1) is 0 Å². The van der Waals surface area contributed by atoms with E-state index in [4.69, 9.17) is 18.9 Å². The highest BCUT2D eigenvalue weighted by atomic mass is 16.7. The Balaban J connectivity index is 1.65. The molecule has 5 atom stereocenters. The van der Waals surface area contributed by atoms with E-state index in [1.54, 1.807) is 7.11 Å². The Kier molecular flexibility index (Phi) is 4.94. The molecule has 1 aromatic heterocycles. The number of ether oxygens (including phenoxy) is 4. The maximum atomic E-state index is 9.77. The number of hydrogen-bond donors (Lipinski definition) is 1. The minimum atomic E-state index is -0.616. The van der Waals surface area contributed by atoms with E-state index in [1.165, 1.54) is 0 Å². The fraction of sp³-hybridized carbons (Fsp3) is 0.368. The number of pyridine rings is 1. The molecule has 0 saturated carbocycles. The number of hydrogen-bond acceptors (Lipinski definition) is 6. The van der Waals surface area contributed by atoms with Crippen LogP contribution < -0.4 is 4.57 Å². The summed E-state index contributed by atoms with van der Waals surface area (Å²) in [5.41, 5.74) is 1.36. The summed E-state index contributed by atoms with van der Waals surface area (Å²) in [5, 5.41) is 13.3. The summed E-state index contributed by atoms with van der Waals surface area (Å²) in [4.78, 5) is 0. The zero-order valence-electron chi connectivity index (χ0n) is 14.3. The van der Waals surface area contributed by atoms with Gasteiger partial charge in [0.25, 0.3) is 6.04 Å². The lowest BCUT2D eigenvalue weighted by Gasteiger charge is -2.42. The molecule has 4 rings (SSSR count). The van der Waals surface area contributed by atoms with Crippen LogP contribution in [0, 0.1) is 0 Å². The lowest BCUT2D eigenvalue weighted by molar-refractivity contribution is -0.724. The normalized spacial score (nSPS) is 33.0. The van der Waals surface area contributed by atoms with Crippen molar-refractivity contribution in [2.45, 2.75) is 30.8 Å². The van der Waals surface area contributed by atoms with E-state index < -0.39 is 30.8 Å². The smallest absolute Gasteiger partial charge is 0.252 e. The van der Waals surface area contributed by atoms with Crippen LogP contribution in [-0.2, 0) is 18.9 Å². The van der Waals surface area contributed by atoms with Crippen LogP contribution in [0.15, 0.2) is 66.1 Å². The summed E-state index contributed by atoms with van der Waals surface area (Å²) in [6.07, 6.45) is 1.64. The topological polar surface area (TPSA) is 73.4 Å². The molecule has 7 heteroatoms. The molecule has 0 amide bonds. The van der Waals surface area contributed by atoms with E-state index in [0.717, 1.165) is 5.56 Å². The molecule has 136 valence electrons. The molecule has 2 fully saturated rings. The summed E-state index contributed by atoms with van der Waals surface area (Å²) in [5.74, 6) is 0. The standard InChI is InChI=1S/C19H20N2O5/c1-23-19-16(21-10-6-3-7-11-21)15(20-22)17-14(25-19)12-24-18(26-17)13-8-4-2-5-9-13/h2-11,14,16-19H,12H2,1H3/p+1/b20-15-. The first kappa shape index (κ1) is 17.1. The third kappa shape index (κ3) is 3.10. The van der Waals surface area contributed by atoms with Crippen LogP contribution in [0.4, 0.5) is 0 Å². The average Bonchev–Trinajstić information content (AvgIpc) is 2.73. The molecule has 26 heavy (non-hydrogen) atoms. The van der Waals surface area contributed by atoms with Crippen molar-refractivity contribution in [2.24, 2.45) is 5.16 Å². The Hall–Kier alpha value is -2.32. The Labute approximate surface area is 151 Å². The van der Waals surface area contributed by atoms with Crippen molar-refractivity contribution < 1.29 is 28.7 Å². The van der Waals surface area contributed by atoms with Gasteiger partial charge in [-0.2, -0.15) is 4.57 Å². The van der Waals surface area contributed by atoms with Gasteiger partial charge < -0.3 is 24.2 Å². The van der Waals surface area contributed by atoms with Gasteiger partial charge in [0.15, 0.2) is 24.4 Å². The van der Waals surface area contributed by atoms with Gasteiger partial charge in [0, 0.05) is 24.8 Å². The van der Waals surface area contributed by atoms with Crippen LogP contribution in [-0.4, -0.2) is 43.1 Å². The number of fused-ring (bicyclic) bond motifs is 1. The van der Waals surface area contributed by atoms with Gasteiger partial charge in [-0.3, -0.25) is 0 Å². The minimum Gasteiger partial charge on any atom is -0.411 e. The quantitative estimate of drug-likeness (QED) is 0.515. The van der Waals surface area contributed by atoms with Gasteiger partial charge >= 0.3 is 0 Å². The molecule has 1 N–H and O–H groups in total. The van der Waals surface area contributed by atoms with E-state index in [1.807, 2.05) is 65.5 Å². The molecule has 5 unspecified atom stereocenters. The molecule has 0 radical (unpaired) electrons. The van der Waals surface area contributed by atoms with Crippen LogP contribution in [0.2, 0.25) is 0 Å². The highest BCUT2D eigenvalue weighted by molar-refractivity contribution is 5.92. The van der Waals surface area contributed by atoms with Crippen LogP contribution >= 0.6 is 0 Å². The maximum Gasteiger partial charge on any atom is 0.252 e. The zero-order chi connectivity index (χ0) is 17.9. The highest BCUT2D eigenvalue weighted by Crippen LogP contribution is 2.35. The first-order chi connectivity index (χ1) is 12.8. The van der Waals surface area contributed by atoms with E-state index in [9.17, 15) is 5.21 Å². The van der Waals surface area contributed by atoms with E-state index >= 15 is 0 Å². The lowest BCUT2D eigenvalue weighted by Crippen LogP contribution is -2.63. The second-order valence-corrected chi connectivity index (χ2v) is 6.20. The minimum absolute atomic E-state index is 0.315. The fourth-order valence-corrected chi connectivity index (χ4v) is 3.43. The predicted octanol–water partition coefficient (Wildman–Crippen LogP) is 1.83. The van der Waals surface area contributed by atoms with Crippen molar-refractivity contribution in [1.82, 2.24) is 0 Å². The molecular weight excluding hydrogens is 336 g/mol. The van der Waals surface area contributed by atoms with E-state index in [-0.39, 0.29) is 0 Å². The average molecular weight is 357 g/mol. The van der Waals surface area contributed by atoms with Crippen LogP contribution in [0.3, 0.4) is 0 Å². The Bertz CT molecular complexity index is 755. The SMILES string of the molecule is COC1OC2COC(c3ccccc3)OC2/C(=N\O)C1[n+]1ccccc1. The van der Waals surface area contributed by atoms with Gasteiger partial charge in [0.05, 0.1) is 6.61 Å². The molecule has 0 aliphatic carbocycles. The van der Waals surface area contributed by atoms with Gasteiger partial charge in [0.2, 0.25) is 6.29 Å². The molecule has 1 aromatic carbocycles. The maximum absolute atomic E-state index is 9.77. The van der Waals surface area contributed by atoms with E-state index in [0.29, 0.717) is 12.3 Å². The van der Waals surface area contributed by atoms with Crippen molar-refractivity contribution in [1.29, 1.82) is 0 Å². The van der Waals surface area contributed by atoms with Crippen LogP contribution in [0.5, 0.6) is 0 Å². The number of rotatable bonds is 3. The summed E-state index contributed by atoms with van der Waals surface area (Å²) in [7, 11) is 1.56. The van der Waals surface area contributed by atoms with Gasteiger partial charge in [-0.25, -0.2) is 0 Å². The first-order valence-electron chi connectivity index (χ1n) is 8.49. The molecular formula is C19H21N2O5+. The van der Waals surface area contributed by atoms with Crippen molar-refractivity contribution in [3.8, 4) is 0 Å². The van der Waals surface area contributed by atoms with Crippen molar-refractivity contribution in [3.05, 3.63) is 66.5 Å². The first-order valence-corrected chi connectivity index (χ1v) is 8.49. The van der Waals surface area contributed by atoms with Crippen LogP contribution in [0.25, 0.3) is 0 Å². The molecule has 2 aromatic rings. The van der Waals surface area contributed by atoms with Gasteiger partial charge in [-0.1, -0.05) is 41.6 Å². The number of oxime groups is 1. The lowest BCUT2D eigenvalue weighted by atomic mass is 9.96. The molecule has 7 nitrogen and oxygen atoms in total. The van der Waals surface area contributed by atoms with Crippen molar-refractivity contribution in [3.63, 3.8) is 0 Å². The number of nitrogens with zero attached hydrogens (tertiary/aromatic N) is 2. The van der Waals surface area contributed by atoms with E-state index in [2.05, 4.69) is 5.16 Å². The largest absolute Gasteiger partial charge is 0.411 e. The van der Waals surface area contributed by atoms with Crippen LogP contribution in [0.1, 0.15) is 17.9 Å². The molecule has 0 spiro atoms. The number of methoxy groups -OCH3 is 1. The molecule has 2 aliphatic rings. The summed E-state index contributed by atoms with van der Waals surface area (Å²) in [6.45, 7) is 0.315. The van der Waals surface area contributed by atoms with Crippen molar-refractivity contribution in [2.75, 3.05) is 13.7 Å². The Morgan fingerprint density at radius 2 is 1.81 bits per heavy atom. The summed E-state index contributed by atoms with van der Waals surface area (Å²) >= 11 is 0. The monoisotopic (exact) mass is 357 g/mol. The summed E-state index contributed by atoms with van der Waals surface area (Å²) < 4.78 is 25.4. The second kappa shape index (κ2) is 7.51. The highest BCUT2D eigenvalue weighted by Gasteiger charge is 2.52. The second-order valence-electron chi connectivity index (χ2n) is 6.20. The molecule has 2 saturated heterocycles. The Morgan fingerprint density at radius 3 is 2.50 bits per heavy atom. The summed E-state index contributed by atoms with van der Waals surface area (Å²) in [6, 6.07) is 14.9. The predicted molar refractivity (Wildman–Crippen MR) is 90.6 cm³/mol. The molecule has 2 aliphatic heterocycles. The van der Waals surface area contributed by atoms with Gasteiger partial charge in [-0.05, 0) is 0 Å². The number of aromatic nitrogens is 1.